The molecule has 8 heteroatoms. The molecule has 1 aromatic heterocycles. The fraction of sp³-hybridized carbons (Fsp3) is 0.200. The fourth-order valence-electron chi connectivity index (χ4n) is 1.97. The summed E-state index contributed by atoms with van der Waals surface area (Å²) in [5.74, 6) is 0.211. The van der Waals surface area contributed by atoms with Crippen LogP contribution in [0, 0.1) is 10.1 Å². The van der Waals surface area contributed by atoms with Crippen molar-refractivity contribution in [2.45, 2.75) is 13.0 Å². The van der Waals surface area contributed by atoms with Crippen molar-refractivity contribution in [1.82, 2.24) is 10.3 Å². The quantitative estimate of drug-likeness (QED) is 0.651. The highest BCUT2D eigenvalue weighted by Gasteiger charge is 2.15. The van der Waals surface area contributed by atoms with Crippen LogP contribution < -0.4 is 15.4 Å². The number of non-ortho nitro benzene ring substituents is 1. The van der Waals surface area contributed by atoms with Crippen LogP contribution in [0.1, 0.15) is 18.5 Å². The molecule has 23 heavy (non-hydrogen) atoms. The Balaban J connectivity index is 2.07. The molecule has 2 rings (SSSR count). The van der Waals surface area contributed by atoms with Crippen molar-refractivity contribution in [1.29, 1.82) is 0 Å². The SMILES string of the molecule is COc1cc([N+](=O)[O-])ccc1NC(=O)N[C@H](C)c1cccnc1. The number of carbonyl (C=O) groups is 1. The van der Waals surface area contributed by atoms with E-state index in [1.165, 1.54) is 25.3 Å². The van der Waals surface area contributed by atoms with Gasteiger partial charge in [0, 0.05) is 18.5 Å². The van der Waals surface area contributed by atoms with E-state index in [1.807, 2.05) is 13.0 Å². The van der Waals surface area contributed by atoms with E-state index in [-0.39, 0.29) is 17.5 Å². The minimum absolute atomic E-state index is 0.114. The molecule has 0 radical (unpaired) electrons. The summed E-state index contributed by atoms with van der Waals surface area (Å²) >= 11 is 0. The highest BCUT2D eigenvalue weighted by molar-refractivity contribution is 5.91. The van der Waals surface area contributed by atoms with Crippen LogP contribution in [-0.4, -0.2) is 23.0 Å². The number of amides is 2. The van der Waals surface area contributed by atoms with Gasteiger partial charge in [-0.3, -0.25) is 15.1 Å². The van der Waals surface area contributed by atoms with Gasteiger partial charge in [-0.25, -0.2) is 4.79 Å². The molecule has 0 fully saturated rings. The van der Waals surface area contributed by atoms with Gasteiger partial charge in [-0.15, -0.1) is 0 Å². The summed E-state index contributed by atoms with van der Waals surface area (Å²) < 4.78 is 5.07. The maximum atomic E-state index is 12.1. The summed E-state index contributed by atoms with van der Waals surface area (Å²) in [6.45, 7) is 1.82. The Morgan fingerprint density at radius 1 is 1.39 bits per heavy atom. The normalized spacial score (nSPS) is 11.4. The fourth-order valence-corrected chi connectivity index (χ4v) is 1.97. The second-order valence-corrected chi connectivity index (χ2v) is 4.75. The van der Waals surface area contributed by atoms with Crippen molar-refractivity contribution in [3.05, 3.63) is 58.4 Å². The van der Waals surface area contributed by atoms with Crippen LogP contribution in [0.2, 0.25) is 0 Å². The van der Waals surface area contributed by atoms with Gasteiger partial charge in [-0.1, -0.05) is 6.07 Å². The maximum Gasteiger partial charge on any atom is 0.319 e. The van der Waals surface area contributed by atoms with Gasteiger partial charge in [0.05, 0.1) is 29.8 Å². The number of pyridine rings is 1. The molecule has 2 aromatic rings. The van der Waals surface area contributed by atoms with Gasteiger partial charge in [0.1, 0.15) is 5.75 Å². The third-order valence-corrected chi connectivity index (χ3v) is 3.18. The lowest BCUT2D eigenvalue weighted by Gasteiger charge is -2.15. The number of methoxy groups -OCH3 is 1. The van der Waals surface area contributed by atoms with Crippen LogP contribution in [-0.2, 0) is 0 Å². The lowest BCUT2D eigenvalue weighted by atomic mass is 10.1. The Labute approximate surface area is 132 Å². The molecule has 0 aliphatic carbocycles. The first-order valence-corrected chi connectivity index (χ1v) is 6.81. The van der Waals surface area contributed by atoms with Crippen LogP contribution in [0.4, 0.5) is 16.2 Å². The number of hydrogen-bond donors (Lipinski definition) is 2. The van der Waals surface area contributed by atoms with E-state index in [1.54, 1.807) is 18.5 Å². The largest absolute Gasteiger partial charge is 0.494 e. The highest BCUT2D eigenvalue weighted by Crippen LogP contribution is 2.29. The lowest BCUT2D eigenvalue weighted by Crippen LogP contribution is -2.31. The third-order valence-electron chi connectivity index (χ3n) is 3.18. The van der Waals surface area contributed by atoms with Crippen molar-refractivity contribution >= 4 is 17.4 Å². The Bertz CT molecular complexity index is 706. The van der Waals surface area contributed by atoms with E-state index in [0.29, 0.717) is 5.69 Å². The number of carbonyl (C=O) groups excluding carboxylic acids is 1. The molecule has 0 saturated carbocycles. The van der Waals surface area contributed by atoms with Crippen LogP contribution >= 0.6 is 0 Å². The summed E-state index contributed by atoms with van der Waals surface area (Å²) in [6.07, 6.45) is 3.31. The number of nitrogens with zero attached hydrogens (tertiary/aromatic N) is 2. The van der Waals surface area contributed by atoms with Gasteiger partial charge in [-0.05, 0) is 24.6 Å². The first kappa shape index (κ1) is 16.2. The molecular formula is C15H16N4O4. The Morgan fingerprint density at radius 2 is 2.17 bits per heavy atom. The number of anilines is 1. The summed E-state index contributed by atoms with van der Waals surface area (Å²) in [5, 5.41) is 16.1. The molecule has 1 heterocycles. The number of urea groups is 1. The summed E-state index contributed by atoms with van der Waals surface area (Å²) in [5.41, 5.74) is 1.09. The minimum atomic E-state index is -0.531. The maximum absolute atomic E-state index is 12.1. The number of nitrogens with one attached hydrogen (secondary N) is 2. The van der Waals surface area contributed by atoms with Crippen molar-refractivity contribution in [2.24, 2.45) is 0 Å². The average molecular weight is 316 g/mol. The number of rotatable bonds is 5. The molecule has 0 aliphatic rings. The molecule has 2 N–H and O–H groups in total. The van der Waals surface area contributed by atoms with Crippen LogP contribution in [0.5, 0.6) is 5.75 Å². The van der Waals surface area contributed by atoms with Gasteiger partial charge in [0.15, 0.2) is 0 Å². The number of nitro groups is 1. The summed E-state index contributed by atoms with van der Waals surface area (Å²) in [4.78, 5) is 26.3. The Morgan fingerprint density at radius 3 is 2.78 bits per heavy atom. The number of nitro benzene ring substituents is 1. The zero-order chi connectivity index (χ0) is 16.8. The third kappa shape index (κ3) is 4.16. The first-order chi connectivity index (χ1) is 11.0. The topological polar surface area (TPSA) is 106 Å². The number of benzene rings is 1. The molecule has 0 aliphatic heterocycles. The molecule has 0 bridgehead atoms. The zero-order valence-corrected chi connectivity index (χ0v) is 12.6. The number of aromatic nitrogens is 1. The van der Waals surface area contributed by atoms with E-state index in [2.05, 4.69) is 15.6 Å². The van der Waals surface area contributed by atoms with E-state index >= 15 is 0 Å². The predicted molar refractivity (Wildman–Crippen MR) is 84.5 cm³/mol. The van der Waals surface area contributed by atoms with Gasteiger partial charge >= 0.3 is 6.03 Å². The van der Waals surface area contributed by atoms with Crippen LogP contribution in [0.3, 0.4) is 0 Å². The molecule has 1 aromatic carbocycles. The van der Waals surface area contributed by atoms with Gasteiger partial charge in [-0.2, -0.15) is 0 Å². The minimum Gasteiger partial charge on any atom is -0.494 e. The standard InChI is InChI=1S/C15H16N4O4/c1-10(11-4-3-7-16-9-11)17-15(20)18-13-6-5-12(19(21)22)8-14(13)23-2/h3-10H,1-2H3,(H2,17,18,20)/t10-/m1/s1. The molecule has 0 spiro atoms. The average Bonchev–Trinajstić information content (AvgIpc) is 2.55. The van der Waals surface area contributed by atoms with Crippen molar-refractivity contribution in [3.63, 3.8) is 0 Å². The Kier molecular flexibility index (Phi) is 5.08. The van der Waals surface area contributed by atoms with Crippen molar-refractivity contribution in [2.75, 3.05) is 12.4 Å². The molecule has 0 saturated heterocycles. The van der Waals surface area contributed by atoms with Crippen molar-refractivity contribution in [3.8, 4) is 5.75 Å². The van der Waals surface area contributed by atoms with Crippen molar-refractivity contribution < 1.29 is 14.5 Å². The smallest absolute Gasteiger partial charge is 0.319 e. The van der Waals surface area contributed by atoms with Crippen LogP contribution in [0.25, 0.3) is 0 Å². The number of hydrogen-bond acceptors (Lipinski definition) is 5. The van der Waals surface area contributed by atoms with Gasteiger partial charge < -0.3 is 15.4 Å². The summed E-state index contributed by atoms with van der Waals surface area (Å²) in [6, 6.07) is 6.91. The number of ether oxygens (including phenoxy) is 1. The van der Waals surface area contributed by atoms with Gasteiger partial charge in [0.2, 0.25) is 0 Å². The second-order valence-electron chi connectivity index (χ2n) is 4.75. The van der Waals surface area contributed by atoms with E-state index < -0.39 is 11.0 Å². The van der Waals surface area contributed by atoms with Crippen LogP contribution in [0.15, 0.2) is 42.7 Å². The molecule has 0 unspecified atom stereocenters. The lowest BCUT2D eigenvalue weighted by molar-refractivity contribution is -0.384. The van der Waals surface area contributed by atoms with E-state index in [9.17, 15) is 14.9 Å². The van der Waals surface area contributed by atoms with E-state index in [0.717, 1.165) is 5.56 Å². The monoisotopic (exact) mass is 316 g/mol. The summed E-state index contributed by atoms with van der Waals surface area (Å²) in [7, 11) is 1.38. The predicted octanol–water partition coefficient (Wildman–Crippen LogP) is 2.88. The molecule has 120 valence electrons. The molecular weight excluding hydrogens is 300 g/mol. The Hall–Kier alpha value is -3.16. The van der Waals surface area contributed by atoms with E-state index in [4.69, 9.17) is 4.74 Å². The molecule has 1 atom stereocenters. The first-order valence-electron chi connectivity index (χ1n) is 6.81. The molecule has 8 nitrogen and oxygen atoms in total. The second kappa shape index (κ2) is 7.21. The zero-order valence-electron chi connectivity index (χ0n) is 12.6. The highest BCUT2D eigenvalue weighted by atomic mass is 16.6. The molecule has 2 amide bonds. The van der Waals surface area contributed by atoms with Gasteiger partial charge in [0.25, 0.3) is 5.69 Å².